The number of hydrogen-bond donors (Lipinski definition) is 3. The summed E-state index contributed by atoms with van der Waals surface area (Å²) in [7, 11) is 0. The largest absolute Gasteiger partial charge is 0.389 e. The Labute approximate surface area is 95.7 Å². The maximum atomic E-state index is 11.4. The molecule has 0 saturated carbocycles. The van der Waals surface area contributed by atoms with Gasteiger partial charge in [-0.05, 0) is 32.9 Å². The van der Waals surface area contributed by atoms with E-state index in [1.54, 1.807) is 13.8 Å². The predicted molar refractivity (Wildman–Crippen MR) is 64.5 cm³/mol. The number of rotatable bonds is 3. The van der Waals surface area contributed by atoms with Crippen LogP contribution in [0.1, 0.15) is 19.4 Å². The van der Waals surface area contributed by atoms with Crippen molar-refractivity contribution in [3.8, 4) is 0 Å². The summed E-state index contributed by atoms with van der Waals surface area (Å²) in [5.41, 5.74) is 0.978. The molecule has 0 aliphatic heterocycles. The fraction of sp³-hybridized carbons (Fsp3) is 0.417. The second-order valence-corrected chi connectivity index (χ2v) is 4.49. The van der Waals surface area contributed by atoms with E-state index in [4.69, 9.17) is 0 Å². The van der Waals surface area contributed by atoms with E-state index in [1.165, 1.54) is 0 Å². The van der Waals surface area contributed by atoms with Crippen LogP contribution < -0.4 is 10.6 Å². The van der Waals surface area contributed by atoms with Crippen LogP contribution in [-0.4, -0.2) is 23.3 Å². The van der Waals surface area contributed by atoms with Gasteiger partial charge < -0.3 is 15.7 Å². The number of carbonyl (C=O) groups excluding carboxylic acids is 1. The number of urea groups is 1. The topological polar surface area (TPSA) is 61.4 Å². The minimum Gasteiger partial charge on any atom is -0.389 e. The standard InChI is InChI=1S/C12H18N2O2/c1-9-4-6-10(7-5-9)14-11(15)13-8-12(2,3)16/h4-7,16H,8H2,1-3H3,(H2,13,14,15). The molecule has 1 rings (SSSR count). The molecule has 0 aliphatic carbocycles. The molecular formula is C12H18N2O2. The Bertz CT molecular complexity index is 352. The molecule has 16 heavy (non-hydrogen) atoms. The molecule has 3 N–H and O–H groups in total. The van der Waals surface area contributed by atoms with Crippen molar-refractivity contribution in [3.05, 3.63) is 29.8 Å². The molecule has 4 nitrogen and oxygen atoms in total. The molecule has 2 amide bonds. The number of anilines is 1. The highest BCUT2D eigenvalue weighted by Gasteiger charge is 2.13. The van der Waals surface area contributed by atoms with Gasteiger partial charge in [-0.15, -0.1) is 0 Å². The first-order valence-electron chi connectivity index (χ1n) is 5.21. The van der Waals surface area contributed by atoms with Crippen molar-refractivity contribution in [2.24, 2.45) is 0 Å². The first-order valence-corrected chi connectivity index (χ1v) is 5.21. The maximum Gasteiger partial charge on any atom is 0.319 e. The van der Waals surface area contributed by atoms with E-state index in [9.17, 15) is 9.90 Å². The zero-order valence-corrected chi connectivity index (χ0v) is 9.87. The summed E-state index contributed by atoms with van der Waals surface area (Å²) in [5.74, 6) is 0. The van der Waals surface area contributed by atoms with Gasteiger partial charge in [-0.1, -0.05) is 17.7 Å². The lowest BCUT2D eigenvalue weighted by molar-refractivity contribution is 0.0826. The van der Waals surface area contributed by atoms with Crippen LogP contribution in [0.4, 0.5) is 10.5 Å². The minimum absolute atomic E-state index is 0.213. The predicted octanol–water partition coefficient (Wildman–Crippen LogP) is 1.89. The highest BCUT2D eigenvalue weighted by atomic mass is 16.3. The molecule has 1 aromatic carbocycles. The molecule has 0 unspecified atom stereocenters. The number of carbonyl (C=O) groups is 1. The Kier molecular flexibility index (Phi) is 3.90. The molecule has 0 atom stereocenters. The number of nitrogens with one attached hydrogen (secondary N) is 2. The molecule has 0 aliphatic rings. The van der Waals surface area contributed by atoms with Crippen molar-refractivity contribution in [3.63, 3.8) is 0 Å². The molecule has 1 aromatic rings. The van der Waals surface area contributed by atoms with Gasteiger partial charge in [-0.3, -0.25) is 0 Å². The summed E-state index contributed by atoms with van der Waals surface area (Å²) >= 11 is 0. The molecule has 88 valence electrons. The second kappa shape index (κ2) is 4.99. The van der Waals surface area contributed by atoms with Gasteiger partial charge in [0.05, 0.1) is 5.60 Å². The van der Waals surface area contributed by atoms with E-state index < -0.39 is 5.60 Å². The summed E-state index contributed by atoms with van der Waals surface area (Å²) in [4.78, 5) is 11.4. The van der Waals surface area contributed by atoms with Gasteiger partial charge in [0, 0.05) is 12.2 Å². The third-order valence-corrected chi connectivity index (χ3v) is 1.99. The van der Waals surface area contributed by atoms with E-state index in [0.717, 1.165) is 11.3 Å². The summed E-state index contributed by atoms with van der Waals surface area (Å²) in [6.45, 7) is 5.47. The van der Waals surface area contributed by atoms with Crippen LogP contribution in [0.2, 0.25) is 0 Å². The highest BCUT2D eigenvalue weighted by molar-refractivity contribution is 5.89. The fourth-order valence-corrected chi connectivity index (χ4v) is 1.11. The first-order chi connectivity index (χ1) is 7.37. The monoisotopic (exact) mass is 222 g/mol. The minimum atomic E-state index is -0.898. The maximum absolute atomic E-state index is 11.4. The number of amides is 2. The van der Waals surface area contributed by atoms with Gasteiger partial charge >= 0.3 is 6.03 Å². The first kappa shape index (κ1) is 12.5. The second-order valence-electron chi connectivity index (χ2n) is 4.49. The van der Waals surface area contributed by atoms with Crippen molar-refractivity contribution in [1.29, 1.82) is 0 Å². The van der Waals surface area contributed by atoms with Crippen LogP contribution in [0.3, 0.4) is 0 Å². The molecular weight excluding hydrogens is 204 g/mol. The number of benzene rings is 1. The van der Waals surface area contributed by atoms with Gasteiger partial charge in [0.2, 0.25) is 0 Å². The number of aliphatic hydroxyl groups is 1. The zero-order valence-electron chi connectivity index (χ0n) is 9.87. The molecule has 0 bridgehead atoms. The average molecular weight is 222 g/mol. The van der Waals surface area contributed by atoms with Crippen molar-refractivity contribution in [2.45, 2.75) is 26.4 Å². The van der Waals surface area contributed by atoms with Crippen molar-refractivity contribution >= 4 is 11.7 Å². The van der Waals surface area contributed by atoms with Crippen LogP contribution in [0.25, 0.3) is 0 Å². The summed E-state index contributed by atoms with van der Waals surface area (Å²) < 4.78 is 0. The van der Waals surface area contributed by atoms with Crippen molar-refractivity contribution in [2.75, 3.05) is 11.9 Å². The van der Waals surface area contributed by atoms with E-state index in [-0.39, 0.29) is 12.6 Å². The lowest BCUT2D eigenvalue weighted by Gasteiger charge is -2.17. The molecule has 0 saturated heterocycles. The Morgan fingerprint density at radius 1 is 1.31 bits per heavy atom. The van der Waals surface area contributed by atoms with Crippen LogP contribution in [0.5, 0.6) is 0 Å². The van der Waals surface area contributed by atoms with Gasteiger partial charge in [0.1, 0.15) is 0 Å². The Morgan fingerprint density at radius 2 is 1.88 bits per heavy atom. The smallest absolute Gasteiger partial charge is 0.319 e. The third kappa shape index (κ3) is 4.79. The molecule has 0 heterocycles. The molecule has 4 heteroatoms. The normalized spacial score (nSPS) is 11.0. The van der Waals surface area contributed by atoms with Crippen LogP contribution in [0, 0.1) is 6.92 Å². The summed E-state index contributed by atoms with van der Waals surface area (Å²) in [6, 6.07) is 7.20. The Balaban J connectivity index is 2.43. The summed E-state index contributed by atoms with van der Waals surface area (Å²) in [6.07, 6.45) is 0. The van der Waals surface area contributed by atoms with Crippen LogP contribution in [0.15, 0.2) is 24.3 Å². The van der Waals surface area contributed by atoms with Gasteiger partial charge in [0.25, 0.3) is 0 Å². The van der Waals surface area contributed by atoms with Crippen molar-refractivity contribution < 1.29 is 9.90 Å². The van der Waals surface area contributed by atoms with Crippen LogP contribution >= 0.6 is 0 Å². The van der Waals surface area contributed by atoms with Gasteiger partial charge in [-0.25, -0.2) is 4.79 Å². The SMILES string of the molecule is Cc1ccc(NC(=O)NCC(C)(C)O)cc1. The Morgan fingerprint density at radius 3 is 2.38 bits per heavy atom. The highest BCUT2D eigenvalue weighted by Crippen LogP contribution is 2.08. The number of aryl methyl sites for hydroxylation is 1. The van der Waals surface area contributed by atoms with E-state index in [1.807, 2.05) is 31.2 Å². The lowest BCUT2D eigenvalue weighted by atomic mass is 10.1. The Hall–Kier alpha value is -1.55. The molecule has 0 fully saturated rings. The quantitative estimate of drug-likeness (QED) is 0.731. The zero-order chi connectivity index (χ0) is 12.2. The van der Waals surface area contributed by atoms with E-state index in [2.05, 4.69) is 10.6 Å². The van der Waals surface area contributed by atoms with Crippen LogP contribution in [-0.2, 0) is 0 Å². The number of hydrogen-bond acceptors (Lipinski definition) is 2. The molecule has 0 aromatic heterocycles. The molecule has 0 radical (unpaired) electrons. The fourth-order valence-electron chi connectivity index (χ4n) is 1.11. The van der Waals surface area contributed by atoms with E-state index >= 15 is 0 Å². The van der Waals surface area contributed by atoms with Crippen molar-refractivity contribution in [1.82, 2.24) is 5.32 Å². The summed E-state index contributed by atoms with van der Waals surface area (Å²) in [5, 5.41) is 14.7. The van der Waals surface area contributed by atoms with Gasteiger partial charge in [-0.2, -0.15) is 0 Å². The third-order valence-electron chi connectivity index (χ3n) is 1.99. The molecule has 0 spiro atoms. The van der Waals surface area contributed by atoms with Gasteiger partial charge in [0.15, 0.2) is 0 Å². The van der Waals surface area contributed by atoms with E-state index in [0.29, 0.717) is 0 Å². The average Bonchev–Trinajstić information content (AvgIpc) is 2.18. The lowest BCUT2D eigenvalue weighted by Crippen LogP contribution is -2.40.